The Hall–Kier alpha value is -2.04. The normalized spacial score (nSPS) is 10.1. The monoisotopic (exact) mass is 188 g/mol. The number of pyridine rings is 1. The van der Waals surface area contributed by atoms with Crippen LogP contribution in [-0.2, 0) is 0 Å². The lowest BCUT2D eigenvalue weighted by atomic mass is 10.3. The van der Waals surface area contributed by atoms with Crippen LogP contribution >= 0.6 is 0 Å². The third-order valence-electron chi connectivity index (χ3n) is 1.77. The van der Waals surface area contributed by atoms with Crippen LogP contribution in [0.4, 0.5) is 0 Å². The first-order valence-electron chi connectivity index (χ1n) is 4.12. The van der Waals surface area contributed by atoms with Gasteiger partial charge in [0.2, 0.25) is 0 Å². The van der Waals surface area contributed by atoms with Crippen molar-refractivity contribution in [3.63, 3.8) is 0 Å². The van der Waals surface area contributed by atoms with Gasteiger partial charge in [-0.15, -0.1) is 10.2 Å². The summed E-state index contributed by atoms with van der Waals surface area (Å²) < 4.78 is 0. The van der Waals surface area contributed by atoms with E-state index in [2.05, 4.69) is 20.2 Å². The van der Waals surface area contributed by atoms with E-state index in [-0.39, 0.29) is 5.56 Å². The van der Waals surface area contributed by atoms with Crippen LogP contribution in [-0.4, -0.2) is 20.2 Å². The molecule has 0 aliphatic rings. The number of hydrogen-bond donors (Lipinski definition) is 1. The fourth-order valence-electron chi connectivity index (χ4n) is 1.01. The first-order chi connectivity index (χ1) is 6.77. The molecule has 0 radical (unpaired) electrons. The number of rotatable bonds is 1. The van der Waals surface area contributed by atoms with Gasteiger partial charge in [0.15, 0.2) is 5.82 Å². The molecular formula is C9H8N4O. The van der Waals surface area contributed by atoms with Crippen molar-refractivity contribution in [3.05, 3.63) is 40.4 Å². The van der Waals surface area contributed by atoms with Crippen LogP contribution in [0.3, 0.4) is 0 Å². The smallest absolute Gasteiger partial charge is 0.272 e. The maximum atomic E-state index is 11.2. The maximum absolute atomic E-state index is 11.2. The molecule has 0 amide bonds. The minimum atomic E-state index is -0.236. The summed E-state index contributed by atoms with van der Waals surface area (Å²) in [6.07, 6.45) is 1.63. The summed E-state index contributed by atoms with van der Waals surface area (Å²) >= 11 is 0. The third-order valence-corrected chi connectivity index (χ3v) is 1.77. The fraction of sp³-hybridized carbons (Fsp3) is 0.111. The van der Waals surface area contributed by atoms with Crippen molar-refractivity contribution in [1.29, 1.82) is 0 Å². The highest BCUT2D eigenvalue weighted by atomic mass is 16.1. The van der Waals surface area contributed by atoms with Gasteiger partial charge in [0, 0.05) is 6.20 Å². The second kappa shape index (κ2) is 3.37. The summed E-state index contributed by atoms with van der Waals surface area (Å²) in [5.74, 6) is 0.390. The molecule has 0 aromatic carbocycles. The first-order valence-corrected chi connectivity index (χ1v) is 4.12. The van der Waals surface area contributed by atoms with E-state index in [4.69, 9.17) is 0 Å². The minimum absolute atomic E-state index is 0.236. The Morgan fingerprint density at radius 2 is 2.14 bits per heavy atom. The van der Waals surface area contributed by atoms with E-state index in [0.29, 0.717) is 17.2 Å². The van der Waals surface area contributed by atoms with Crippen LogP contribution in [0.15, 0.2) is 29.2 Å². The van der Waals surface area contributed by atoms with E-state index >= 15 is 0 Å². The van der Waals surface area contributed by atoms with Crippen molar-refractivity contribution in [1.82, 2.24) is 20.2 Å². The van der Waals surface area contributed by atoms with Crippen molar-refractivity contribution < 1.29 is 0 Å². The maximum Gasteiger partial charge on any atom is 0.272 e. The Kier molecular flexibility index (Phi) is 2.06. The van der Waals surface area contributed by atoms with Gasteiger partial charge in [-0.3, -0.25) is 9.78 Å². The molecule has 0 unspecified atom stereocenters. The molecule has 0 aliphatic heterocycles. The first kappa shape index (κ1) is 8.55. The van der Waals surface area contributed by atoms with Crippen LogP contribution in [0.1, 0.15) is 5.69 Å². The van der Waals surface area contributed by atoms with Crippen LogP contribution in [0.25, 0.3) is 11.5 Å². The van der Waals surface area contributed by atoms with Crippen LogP contribution < -0.4 is 5.56 Å². The zero-order valence-corrected chi connectivity index (χ0v) is 7.56. The number of aryl methyl sites for hydroxylation is 1. The summed E-state index contributed by atoms with van der Waals surface area (Å²) in [5.41, 5.74) is 0.724. The van der Waals surface area contributed by atoms with E-state index in [1.54, 1.807) is 25.3 Å². The summed E-state index contributed by atoms with van der Waals surface area (Å²) in [5, 5.41) is 7.56. The third kappa shape index (κ3) is 1.52. The number of H-pyrrole nitrogens is 1. The molecular weight excluding hydrogens is 180 g/mol. The molecule has 2 aromatic rings. The highest BCUT2D eigenvalue weighted by Gasteiger charge is 2.02. The van der Waals surface area contributed by atoms with Gasteiger partial charge >= 0.3 is 0 Å². The zero-order chi connectivity index (χ0) is 9.97. The molecule has 0 spiro atoms. The Bertz CT molecular complexity index is 492. The fourth-order valence-corrected chi connectivity index (χ4v) is 1.01. The quantitative estimate of drug-likeness (QED) is 0.708. The molecule has 1 N–H and O–H groups in total. The standard InChI is InChI=1S/C9H8N4O/c1-6-9(14)11-8(13-12-6)7-4-2-3-5-10-7/h2-5H,1H3,(H,11,13,14). The second-order valence-electron chi connectivity index (χ2n) is 2.80. The SMILES string of the molecule is Cc1nnc(-c2ccccn2)[nH]c1=O. The molecule has 0 fully saturated rings. The number of nitrogens with zero attached hydrogens (tertiary/aromatic N) is 3. The molecule has 14 heavy (non-hydrogen) atoms. The molecule has 5 heteroatoms. The van der Waals surface area contributed by atoms with Gasteiger partial charge in [0.1, 0.15) is 11.4 Å². The summed E-state index contributed by atoms with van der Waals surface area (Å²) in [7, 11) is 0. The average Bonchev–Trinajstić information content (AvgIpc) is 2.23. The zero-order valence-electron chi connectivity index (χ0n) is 7.56. The molecule has 0 aliphatic carbocycles. The minimum Gasteiger partial charge on any atom is -0.302 e. The molecule has 0 bridgehead atoms. The van der Waals surface area contributed by atoms with Crippen LogP contribution in [0.5, 0.6) is 0 Å². The summed E-state index contributed by atoms with van der Waals surface area (Å²) in [6.45, 7) is 1.61. The van der Waals surface area contributed by atoms with Crippen molar-refractivity contribution in [3.8, 4) is 11.5 Å². The van der Waals surface area contributed by atoms with Gasteiger partial charge in [0.05, 0.1) is 0 Å². The lowest BCUT2D eigenvalue weighted by Crippen LogP contribution is -2.14. The number of hydrogen-bond acceptors (Lipinski definition) is 4. The highest BCUT2D eigenvalue weighted by molar-refractivity contribution is 5.46. The van der Waals surface area contributed by atoms with Crippen LogP contribution in [0.2, 0.25) is 0 Å². The molecule has 0 saturated carbocycles. The molecule has 5 nitrogen and oxygen atoms in total. The van der Waals surface area contributed by atoms with Crippen molar-refractivity contribution >= 4 is 0 Å². The van der Waals surface area contributed by atoms with Gasteiger partial charge in [-0.2, -0.15) is 0 Å². The highest BCUT2D eigenvalue weighted by Crippen LogP contribution is 2.06. The van der Waals surface area contributed by atoms with Gasteiger partial charge in [0.25, 0.3) is 5.56 Å². The predicted octanol–water partition coefficient (Wildman–Crippen LogP) is 0.535. The predicted molar refractivity (Wildman–Crippen MR) is 50.6 cm³/mol. The van der Waals surface area contributed by atoms with E-state index in [9.17, 15) is 4.79 Å². The van der Waals surface area contributed by atoms with Gasteiger partial charge in [-0.05, 0) is 19.1 Å². The number of aromatic amines is 1. The van der Waals surface area contributed by atoms with Gasteiger partial charge < -0.3 is 4.98 Å². The molecule has 0 atom stereocenters. The van der Waals surface area contributed by atoms with E-state index in [0.717, 1.165) is 0 Å². The average molecular weight is 188 g/mol. The topological polar surface area (TPSA) is 71.5 Å². The van der Waals surface area contributed by atoms with E-state index < -0.39 is 0 Å². The van der Waals surface area contributed by atoms with Crippen molar-refractivity contribution in [2.75, 3.05) is 0 Å². The Balaban J connectivity index is 2.54. The van der Waals surface area contributed by atoms with Gasteiger partial charge in [-0.25, -0.2) is 0 Å². The molecule has 2 aromatic heterocycles. The molecule has 2 rings (SSSR count). The Morgan fingerprint density at radius 3 is 2.79 bits per heavy atom. The van der Waals surface area contributed by atoms with E-state index in [1.807, 2.05) is 6.07 Å². The van der Waals surface area contributed by atoms with Crippen molar-refractivity contribution in [2.24, 2.45) is 0 Å². The summed E-state index contributed by atoms with van der Waals surface area (Å²) in [6, 6.07) is 5.38. The molecule has 70 valence electrons. The lowest BCUT2D eigenvalue weighted by Gasteiger charge is -1.97. The Labute approximate surface area is 79.9 Å². The van der Waals surface area contributed by atoms with Crippen molar-refractivity contribution in [2.45, 2.75) is 6.92 Å². The lowest BCUT2D eigenvalue weighted by molar-refractivity contribution is 0.902. The number of aromatic nitrogens is 4. The molecule has 2 heterocycles. The molecule has 0 saturated heterocycles. The van der Waals surface area contributed by atoms with Crippen LogP contribution in [0, 0.1) is 6.92 Å². The Morgan fingerprint density at radius 1 is 1.29 bits per heavy atom. The second-order valence-corrected chi connectivity index (χ2v) is 2.80. The van der Waals surface area contributed by atoms with E-state index in [1.165, 1.54) is 0 Å². The van der Waals surface area contributed by atoms with Gasteiger partial charge in [-0.1, -0.05) is 6.07 Å². The number of nitrogens with one attached hydrogen (secondary N) is 1. The largest absolute Gasteiger partial charge is 0.302 e. The summed E-state index contributed by atoms with van der Waals surface area (Å²) in [4.78, 5) is 17.9.